The molecule has 6 heteroatoms. The lowest BCUT2D eigenvalue weighted by atomic mass is 10.1. The second kappa shape index (κ2) is 9.47. The Labute approximate surface area is 193 Å². The highest BCUT2D eigenvalue weighted by atomic mass is 35.5. The van der Waals surface area contributed by atoms with Crippen molar-refractivity contribution in [2.45, 2.75) is 6.54 Å². The molecule has 1 fully saturated rings. The molecule has 0 radical (unpaired) electrons. The summed E-state index contributed by atoms with van der Waals surface area (Å²) >= 11 is 6.10. The van der Waals surface area contributed by atoms with Crippen LogP contribution < -0.4 is 4.90 Å². The normalized spacial score (nSPS) is 14.5. The van der Waals surface area contributed by atoms with Crippen molar-refractivity contribution in [3.63, 3.8) is 0 Å². The van der Waals surface area contributed by atoms with E-state index >= 15 is 0 Å². The van der Waals surface area contributed by atoms with Crippen molar-refractivity contribution >= 4 is 17.5 Å². The van der Waals surface area contributed by atoms with E-state index in [0.717, 1.165) is 61.2 Å². The molecule has 4 aromatic rings. The summed E-state index contributed by atoms with van der Waals surface area (Å²) in [5.74, 6) is 0.767. The van der Waals surface area contributed by atoms with E-state index in [2.05, 4.69) is 45.1 Å². The van der Waals surface area contributed by atoms with Crippen molar-refractivity contribution in [3.8, 4) is 22.5 Å². The van der Waals surface area contributed by atoms with Crippen molar-refractivity contribution in [1.82, 2.24) is 19.9 Å². The molecule has 2 aromatic heterocycles. The predicted octanol–water partition coefficient (Wildman–Crippen LogP) is 5.18. The Balaban J connectivity index is 1.40. The van der Waals surface area contributed by atoms with Gasteiger partial charge in [-0.05, 0) is 35.9 Å². The first-order chi connectivity index (χ1) is 15.7. The summed E-state index contributed by atoms with van der Waals surface area (Å²) in [7, 11) is 0. The average molecular weight is 442 g/mol. The fourth-order valence-electron chi connectivity index (χ4n) is 3.96. The quantitative estimate of drug-likeness (QED) is 0.427. The minimum absolute atomic E-state index is 0.715. The van der Waals surface area contributed by atoms with Crippen LogP contribution in [0.25, 0.3) is 22.5 Å². The van der Waals surface area contributed by atoms with Crippen LogP contribution >= 0.6 is 11.6 Å². The minimum atomic E-state index is 0.715. The van der Waals surface area contributed by atoms with Crippen LogP contribution in [0.15, 0.2) is 85.2 Å². The van der Waals surface area contributed by atoms with Gasteiger partial charge < -0.3 is 4.90 Å². The van der Waals surface area contributed by atoms with Gasteiger partial charge in [0.25, 0.3) is 0 Å². The second-order valence-corrected chi connectivity index (χ2v) is 8.37. The maximum atomic E-state index is 6.10. The number of piperazine rings is 1. The molecule has 160 valence electrons. The number of hydrogen-bond acceptors (Lipinski definition) is 5. The molecule has 0 amide bonds. The van der Waals surface area contributed by atoms with E-state index in [-0.39, 0.29) is 0 Å². The molecule has 0 bridgehead atoms. The number of pyridine rings is 1. The monoisotopic (exact) mass is 441 g/mol. The molecule has 32 heavy (non-hydrogen) atoms. The van der Waals surface area contributed by atoms with Gasteiger partial charge >= 0.3 is 0 Å². The summed E-state index contributed by atoms with van der Waals surface area (Å²) in [6.07, 6.45) is 3.59. The van der Waals surface area contributed by atoms with Crippen molar-refractivity contribution in [2.24, 2.45) is 0 Å². The van der Waals surface area contributed by atoms with Gasteiger partial charge in [-0.15, -0.1) is 0 Å². The molecule has 0 spiro atoms. The molecule has 3 heterocycles. The molecule has 0 saturated carbocycles. The Kier molecular flexibility index (Phi) is 6.10. The molecule has 1 aliphatic heterocycles. The van der Waals surface area contributed by atoms with E-state index < -0.39 is 0 Å². The fourth-order valence-corrected chi connectivity index (χ4v) is 4.09. The smallest absolute Gasteiger partial charge is 0.226 e. The summed E-state index contributed by atoms with van der Waals surface area (Å²) in [5.41, 5.74) is 5.19. The molecule has 5 nitrogen and oxygen atoms in total. The van der Waals surface area contributed by atoms with Crippen LogP contribution in [0.2, 0.25) is 5.02 Å². The highest BCUT2D eigenvalue weighted by Gasteiger charge is 2.20. The van der Waals surface area contributed by atoms with E-state index in [4.69, 9.17) is 21.6 Å². The first kappa shape index (κ1) is 20.6. The highest BCUT2D eigenvalue weighted by Crippen LogP contribution is 2.27. The maximum absolute atomic E-state index is 6.10. The lowest BCUT2D eigenvalue weighted by Crippen LogP contribution is -2.46. The van der Waals surface area contributed by atoms with Crippen LogP contribution in [0, 0.1) is 0 Å². The number of hydrogen-bond donors (Lipinski definition) is 0. The van der Waals surface area contributed by atoms with Gasteiger partial charge in [-0.25, -0.2) is 9.97 Å². The molecule has 0 unspecified atom stereocenters. The lowest BCUT2D eigenvalue weighted by molar-refractivity contribution is 0.249. The Bertz CT molecular complexity index is 1160. The Morgan fingerprint density at radius 1 is 0.719 bits per heavy atom. The van der Waals surface area contributed by atoms with Crippen LogP contribution in [0.3, 0.4) is 0 Å². The third kappa shape index (κ3) is 4.79. The molecule has 2 aromatic carbocycles. The molecular formula is C26H24ClN5. The highest BCUT2D eigenvalue weighted by molar-refractivity contribution is 6.30. The van der Waals surface area contributed by atoms with E-state index in [0.29, 0.717) is 5.02 Å². The Morgan fingerprint density at radius 2 is 1.34 bits per heavy atom. The predicted molar refractivity (Wildman–Crippen MR) is 130 cm³/mol. The third-order valence-electron chi connectivity index (χ3n) is 5.73. The van der Waals surface area contributed by atoms with Gasteiger partial charge in [0.1, 0.15) is 0 Å². The summed E-state index contributed by atoms with van der Waals surface area (Å²) in [4.78, 5) is 18.8. The zero-order valence-corrected chi connectivity index (χ0v) is 18.5. The van der Waals surface area contributed by atoms with Crippen molar-refractivity contribution in [2.75, 3.05) is 31.1 Å². The number of nitrogens with zero attached hydrogens (tertiary/aromatic N) is 5. The molecule has 0 atom stereocenters. The van der Waals surface area contributed by atoms with Gasteiger partial charge in [0, 0.05) is 61.3 Å². The van der Waals surface area contributed by atoms with Crippen LogP contribution in [-0.4, -0.2) is 46.0 Å². The Hall–Kier alpha value is -3.28. The van der Waals surface area contributed by atoms with Crippen LogP contribution in [-0.2, 0) is 6.54 Å². The summed E-state index contributed by atoms with van der Waals surface area (Å²) in [6.45, 7) is 4.73. The summed E-state index contributed by atoms with van der Waals surface area (Å²) in [6, 6.07) is 24.4. The SMILES string of the molecule is Clc1ccc(-c2cc(-c3ccncc3)nc(N3CCN(Cc4ccccc4)CC3)n2)cc1. The summed E-state index contributed by atoms with van der Waals surface area (Å²) in [5, 5.41) is 0.715. The third-order valence-corrected chi connectivity index (χ3v) is 5.99. The zero-order chi connectivity index (χ0) is 21.8. The number of anilines is 1. The summed E-state index contributed by atoms with van der Waals surface area (Å²) < 4.78 is 0. The van der Waals surface area contributed by atoms with E-state index in [1.807, 2.05) is 42.5 Å². The number of halogens is 1. The topological polar surface area (TPSA) is 45.2 Å². The van der Waals surface area contributed by atoms with Gasteiger partial charge in [0.2, 0.25) is 5.95 Å². The molecule has 1 aliphatic rings. The van der Waals surface area contributed by atoms with Gasteiger partial charge in [-0.1, -0.05) is 54.1 Å². The van der Waals surface area contributed by atoms with Crippen molar-refractivity contribution < 1.29 is 0 Å². The van der Waals surface area contributed by atoms with Crippen LogP contribution in [0.4, 0.5) is 5.95 Å². The Morgan fingerprint density at radius 3 is 2.00 bits per heavy atom. The van der Waals surface area contributed by atoms with Crippen LogP contribution in [0.5, 0.6) is 0 Å². The minimum Gasteiger partial charge on any atom is -0.338 e. The van der Waals surface area contributed by atoms with Gasteiger partial charge in [-0.2, -0.15) is 0 Å². The van der Waals surface area contributed by atoms with E-state index in [9.17, 15) is 0 Å². The van der Waals surface area contributed by atoms with Crippen molar-refractivity contribution in [3.05, 3.63) is 95.8 Å². The number of aromatic nitrogens is 3. The number of benzene rings is 2. The van der Waals surface area contributed by atoms with Gasteiger partial charge in [0.15, 0.2) is 0 Å². The molecule has 0 N–H and O–H groups in total. The molecule has 0 aliphatic carbocycles. The molecular weight excluding hydrogens is 418 g/mol. The fraction of sp³-hybridized carbons (Fsp3) is 0.192. The lowest BCUT2D eigenvalue weighted by Gasteiger charge is -2.35. The van der Waals surface area contributed by atoms with Gasteiger partial charge in [-0.3, -0.25) is 9.88 Å². The maximum Gasteiger partial charge on any atom is 0.226 e. The average Bonchev–Trinajstić information content (AvgIpc) is 2.86. The number of rotatable bonds is 5. The largest absolute Gasteiger partial charge is 0.338 e. The molecule has 1 saturated heterocycles. The first-order valence-corrected chi connectivity index (χ1v) is 11.2. The van der Waals surface area contributed by atoms with E-state index in [1.165, 1.54) is 5.56 Å². The second-order valence-electron chi connectivity index (χ2n) is 7.93. The van der Waals surface area contributed by atoms with E-state index in [1.54, 1.807) is 12.4 Å². The van der Waals surface area contributed by atoms with Crippen LogP contribution in [0.1, 0.15) is 5.56 Å². The zero-order valence-electron chi connectivity index (χ0n) is 17.7. The van der Waals surface area contributed by atoms with Crippen molar-refractivity contribution in [1.29, 1.82) is 0 Å². The molecule has 5 rings (SSSR count). The first-order valence-electron chi connectivity index (χ1n) is 10.8. The standard InChI is InChI=1S/C26H24ClN5/c27-23-8-6-21(7-9-23)24-18-25(22-10-12-28-13-11-22)30-26(29-24)32-16-14-31(15-17-32)19-20-4-2-1-3-5-20/h1-13,18H,14-17,19H2. The van der Waals surface area contributed by atoms with Gasteiger partial charge in [0.05, 0.1) is 11.4 Å².